The highest BCUT2D eigenvalue weighted by Gasteiger charge is 2.25. The maximum atomic E-state index is 14.6. The Bertz CT molecular complexity index is 1450. The molecule has 4 rings (SSSR count). The molecule has 0 radical (unpaired) electrons. The van der Waals surface area contributed by atoms with Crippen LogP contribution in [-0.4, -0.2) is 55.8 Å². The number of aldehydes is 1. The Morgan fingerprint density at radius 2 is 1.68 bits per heavy atom. The van der Waals surface area contributed by atoms with Crippen molar-refractivity contribution in [2.45, 2.75) is 13.8 Å². The van der Waals surface area contributed by atoms with Crippen LogP contribution in [0.4, 0.5) is 14.9 Å². The van der Waals surface area contributed by atoms with Crippen LogP contribution in [0, 0.1) is 19.7 Å². The summed E-state index contributed by atoms with van der Waals surface area (Å²) in [5.74, 6) is -0.759. The monoisotopic (exact) mass is 501 g/mol. The van der Waals surface area contributed by atoms with Crippen molar-refractivity contribution >= 4 is 23.9 Å². The van der Waals surface area contributed by atoms with Gasteiger partial charge in [0.25, 0.3) is 5.91 Å². The lowest BCUT2D eigenvalue weighted by Gasteiger charge is -2.29. The lowest BCUT2D eigenvalue weighted by molar-refractivity contribution is -0.113. The van der Waals surface area contributed by atoms with E-state index in [2.05, 4.69) is 5.32 Å². The van der Waals surface area contributed by atoms with Gasteiger partial charge in [-0.3, -0.25) is 9.59 Å². The highest BCUT2D eigenvalue weighted by Crippen LogP contribution is 2.37. The molecule has 0 unspecified atom stereocenters. The lowest BCUT2D eigenvalue weighted by atomic mass is 9.90. The van der Waals surface area contributed by atoms with E-state index >= 15 is 0 Å². The van der Waals surface area contributed by atoms with Crippen LogP contribution in [0.15, 0.2) is 60.3 Å². The quantitative estimate of drug-likeness (QED) is 0.458. The highest BCUT2D eigenvalue weighted by atomic mass is 19.1. The third kappa shape index (κ3) is 4.82. The summed E-state index contributed by atoms with van der Waals surface area (Å²) >= 11 is 0. The van der Waals surface area contributed by atoms with Gasteiger partial charge in [-0.05, 0) is 65.4 Å². The van der Waals surface area contributed by atoms with Crippen molar-refractivity contribution in [1.29, 1.82) is 0 Å². The molecule has 190 valence electrons. The topological polar surface area (TPSA) is 79.0 Å². The number of methoxy groups -OCH3 is 1. The second-order valence-corrected chi connectivity index (χ2v) is 9.01. The zero-order valence-corrected chi connectivity index (χ0v) is 21.4. The predicted octanol–water partition coefficient (Wildman–Crippen LogP) is 5.42. The van der Waals surface area contributed by atoms with E-state index in [0.717, 1.165) is 27.8 Å². The molecule has 0 bridgehead atoms. The molecule has 0 spiro atoms. The molecular weight excluding hydrogens is 473 g/mol. The van der Waals surface area contributed by atoms with Gasteiger partial charge >= 0.3 is 6.03 Å². The van der Waals surface area contributed by atoms with Gasteiger partial charge in [0, 0.05) is 26.0 Å². The third-order valence-corrected chi connectivity index (χ3v) is 6.62. The molecule has 3 aromatic carbocycles. The molecule has 0 aliphatic carbocycles. The van der Waals surface area contributed by atoms with Crippen molar-refractivity contribution in [1.82, 2.24) is 9.80 Å². The number of carbonyl (C=O) groups is 3. The molecule has 8 heteroatoms. The molecule has 1 aliphatic rings. The average Bonchev–Trinajstić information content (AvgIpc) is 2.88. The molecule has 1 aliphatic heterocycles. The lowest BCUT2D eigenvalue weighted by Crippen LogP contribution is -2.43. The van der Waals surface area contributed by atoms with E-state index < -0.39 is 5.82 Å². The number of likely N-dealkylation sites (N-methyl/N-ethyl adjacent to an activating group) is 1. The van der Waals surface area contributed by atoms with Crippen molar-refractivity contribution < 1.29 is 23.5 Å². The van der Waals surface area contributed by atoms with Crippen LogP contribution in [0.5, 0.6) is 5.75 Å². The maximum absolute atomic E-state index is 14.6. The number of amides is 3. The van der Waals surface area contributed by atoms with Crippen LogP contribution in [0.1, 0.15) is 21.5 Å². The van der Waals surface area contributed by atoms with Gasteiger partial charge in [0.05, 0.1) is 24.8 Å². The van der Waals surface area contributed by atoms with Crippen LogP contribution in [0.2, 0.25) is 0 Å². The summed E-state index contributed by atoms with van der Waals surface area (Å²) in [4.78, 5) is 39.1. The molecule has 0 fully saturated rings. The molecule has 1 N–H and O–H groups in total. The number of benzene rings is 3. The fourth-order valence-corrected chi connectivity index (χ4v) is 4.59. The number of rotatable bonds is 6. The number of carbonyl (C=O) groups excluding carboxylic acids is 3. The number of nitrogens with one attached hydrogen (secondary N) is 1. The van der Waals surface area contributed by atoms with Gasteiger partial charge in [0.2, 0.25) is 0 Å². The van der Waals surface area contributed by atoms with E-state index in [4.69, 9.17) is 4.74 Å². The number of urea groups is 1. The van der Waals surface area contributed by atoms with Gasteiger partial charge in [0.15, 0.2) is 6.29 Å². The summed E-state index contributed by atoms with van der Waals surface area (Å²) in [7, 11) is 4.66. The molecule has 7 nitrogen and oxygen atoms in total. The standard InChI is InChI=1S/C29H28FN3O4/c1-17-21(19-12-25(30)24(16-34)27(13-19)37-5)8-6-9-22(17)23-10-7-11-26(18(23)2)31-28(35)20-14-32(3)29(36)33(4)15-20/h6-14,16H,15H2,1-5H3,(H,31,35). The first-order valence-electron chi connectivity index (χ1n) is 11.7. The minimum atomic E-state index is -0.648. The Morgan fingerprint density at radius 3 is 2.32 bits per heavy atom. The molecule has 3 aromatic rings. The van der Waals surface area contributed by atoms with Crippen LogP contribution in [0.25, 0.3) is 22.3 Å². The normalized spacial score (nSPS) is 13.4. The Hall–Kier alpha value is -4.46. The van der Waals surface area contributed by atoms with Gasteiger partial charge in [-0.25, -0.2) is 9.18 Å². The van der Waals surface area contributed by atoms with E-state index in [-0.39, 0.29) is 29.8 Å². The molecule has 0 saturated carbocycles. The van der Waals surface area contributed by atoms with Crippen LogP contribution < -0.4 is 10.1 Å². The van der Waals surface area contributed by atoms with E-state index in [1.165, 1.54) is 23.0 Å². The highest BCUT2D eigenvalue weighted by molar-refractivity contribution is 6.06. The summed E-state index contributed by atoms with van der Waals surface area (Å²) in [6, 6.07) is 14.2. The third-order valence-electron chi connectivity index (χ3n) is 6.62. The minimum absolute atomic E-state index is 0.117. The number of halogens is 1. The molecule has 0 aromatic heterocycles. The van der Waals surface area contributed by atoms with Crippen molar-refractivity contribution in [3.05, 3.63) is 82.8 Å². The maximum Gasteiger partial charge on any atom is 0.323 e. The summed E-state index contributed by atoms with van der Waals surface area (Å²) in [6.45, 7) is 4.09. The largest absolute Gasteiger partial charge is 0.496 e. The predicted molar refractivity (Wildman–Crippen MR) is 141 cm³/mol. The SMILES string of the molecule is COc1cc(-c2cccc(-c3cccc(NC(=O)C4=CN(C)C(=O)N(C)C4)c3C)c2C)cc(F)c1C=O. The van der Waals surface area contributed by atoms with Crippen molar-refractivity contribution in [3.8, 4) is 28.0 Å². The smallest absolute Gasteiger partial charge is 0.323 e. The second-order valence-electron chi connectivity index (χ2n) is 9.01. The number of hydrogen-bond donors (Lipinski definition) is 1. The fraction of sp³-hybridized carbons (Fsp3) is 0.207. The zero-order chi connectivity index (χ0) is 26.9. The first kappa shape index (κ1) is 25.6. The molecule has 1 heterocycles. The first-order valence-corrected chi connectivity index (χ1v) is 11.7. The molecule has 3 amide bonds. The molecular formula is C29H28FN3O4. The van der Waals surface area contributed by atoms with Crippen LogP contribution >= 0.6 is 0 Å². The summed E-state index contributed by atoms with van der Waals surface area (Å²) in [5.41, 5.74) is 6.01. The summed E-state index contributed by atoms with van der Waals surface area (Å²) in [6.07, 6.45) is 2.00. The summed E-state index contributed by atoms with van der Waals surface area (Å²) in [5, 5.41) is 2.98. The van der Waals surface area contributed by atoms with Crippen molar-refractivity contribution in [3.63, 3.8) is 0 Å². The van der Waals surface area contributed by atoms with Crippen LogP contribution in [0.3, 0.4) is 0 Å². The van der Waals surface area contributed by atoms with E-state index in [1.807, 2.05) is 50.2 Å². The van der Waals surface area contributed by atoms with E-state index in [0.29, 0.717) is 23.1 Å². The van der Waals surface area contributed by atoms with Gasteiger partial charge in [-0.15, -0.1) is 0 Å². The first-order chi connectivity index (χ1) is 17.7. The molecule has 0 atom stereocenters. The van der Waals surface area contributed by atoms with E-state index in [9.17, 15) is 18.8 Å². The number of ether oxygens (including phenoxy) is 1. The van der Waals surface area contributed by atoms with Crippen molar-refractivity contribution in [2.75, 3.05) is 33.1 Å². The molecule has 0 saturated heterocycles. The molecule has 37 heavy (non-hydrogen) atoms. The number of nitrogens with zero attached hydrogens (tertiary/aromatic N) is 2. The Labute approximate surface area is 215 Å². The Morgan fingerprint density at radius 1 is 1.03 bits per heavy atom. The average molecular weight is 502 g/mol. The van der Waals surface area contributed by atoms with Gasteiger partial charge < -0.3 is 19.9 Å². The minimum Gasteiger partial charge on any atom is -0.496 e. The Kier molecular flexibility index (Phi) is 7.11. The van der Waals surface area contributed by atoms with Gasteiger partial charge in [-0.1, -0.05) is 30.3 Å². The van der Waals surface area contributed by atoms with Gasteiger partial charge in [-0.2, -0.15) is 0 Å². The fourth-order valence-electron chi connectivity index (χ4n) is 4.59. The number of anilines is 1. The summed E-state index contributed by atoms with van der Waals surface area (Å²) < 4.78 is 19.9. The van der Waals surface area contributed by atoms with Crippen molar-refractivity contribution in [2.24, 2.45) is 0 Å². The Balaban J connectivity index is 1.71. The van der Waals surface area contributed by atoms with Gasteiger partial charge in [0.1, 0.15) is 11.6 Å². The second kappa shape index (κ2) is 10.3. The number of hydrogen-bond acceptors (Lipinski definition) is 4. The van der Waals surface area contributed by atoms with Crippen LogP contribution in [-0.2, 0) is 4.79 Å². The zero-order valence-electron chi connectivity index (χ0n) is 21.4. The van der Waals surface area contributed by atoms with E-state index in [1.54, 1.807) is 26.4 Å².